The molecule has 0 fully saturated rings. The smallest absolute Gasteiger partial charge is 0.411 e. The fourth-order valence-electron chi connectivity index (χ4n) is 2.58. The van der Waals surface area contributed by atoms with E-state index in [0.717, 1.165) is 22.6 Å². The van der Waals surface area contributed by atoms with Crippen LogP contribution in [0, 0.1) is 6.92 Å². The fraction of sp³-hybridized carbons (Fsp3) is 0.190. The van der Waals surface area contributed by atoms with E-state index in [1.54, 1.807) is 0 Å². The van der Waals surface area contributed by atoms with Crippen LogP contribution in [0.25, 0.3) is 0 Å². The number of carbonyl (C=O) groups excluding carboxylic acids is 1. The second-order valence-electron chi connectivity index (χ2n) is 5.98. The Morgan fingerprint density at radius 2 is 1.76 bits per heavy atom. The van der Waals surface area contributed by atoms with Gasteiger partial charge in [0.2, 0.25) is 0 Å². The third kappa shape index (κ3) is 4.51. The van der Waals surface area contributed by atoms with Crippen molar-refractivity contribution in [2.75, 3.05) is 5.32 Å². The normalized spacial score (nSPS) is 11.8. The molecule has 0 bridgehead atoms. The van der Waals surface area contributed by atoms with E-state index in [9.17, 15) is 4.79 Å². The molecule has 1 amide bonds. The average Bonchev–Trinajstić information content (AvgIpc) is 3.07. The largest absolute Gasteiger partial charge is 0.466 e. The Labute approximate surface area is 147 Å². The minimum atomic E-state index is -0.466. The number of anilines is 1. The molecule has 1 unspecified atom stereocenters. The maximum absolute atomic E-state index is 11.9. The van der Waals surface area contributed by atoms with Gasteiger partial charge in [-0.05, 0) is 42.3 Å². The molecule has 0 saturated heterocycles. The number of nitrogens with one attached hydrogen (secondary N) is 1. The number of aryl methyl sites for hydroxylation is 1. The molecule has 0 aliphatic carbocycles. The highest BCUT2D eigenvalue weighted by atomic mass is 16.5. The Bertz CT molecular complexity index is 822. The lowest BCUT2D eigenvalue weighted by Gasteiger charge is -2.11. The zero-order valence-electron chi connectivity index (χ0n) is 14.4. The summed E-state index contributed by atoms with van der Waals surface area (Å²) in [6, 6.07) is 21.2. The van der Waals surface area contributed by atoms with Crippen molar-refractivity contribution in [1.29, 1.82) is 0 Å². The lowest BCUT2D eigenvalue weighted by Crippen LogP contribution is -2.13. The van der Waals surface area contributed by atoms with Crippen LogP contribution in [0.3, 0.4) is 0 Å². The van der Waals surface area contributed by atoms with Gasteiger partial charge in [-0.25, -0.2) is 4.79 Å². The van der Waals surface area contributed by atoms with Gasteiger partial charge in [-0.1, -0.05) is 49.4 Å². The minimum Gasteiger partial charge on any atom is -0.466 e. The monoisotopic (exact) mass is 335 g/mol. The zero-order valence-corrected chi connectivity index (χ0v) is 14.4. The molecule has 1 atom stereocenters. The van der Waals surface area contributed by atoms with Gasteiger partial charge in [-0.2, -0.15) is 0 Å². The van der Waals surface area contributed by atoms with Crippen LogP contribution in [-0.2, 0) is 11.3 Å². The number of ether oxygens (including phenoxy) is 1. The molecule has 4 nitrogen and oxygen atoms in total. The van der Waals surface area contributed by atoms with E-state index >= 15 is 0 Å². The summed E-state index contributed by atoms with van der Waals surface area (Å²) in [7, 11) is 0. The summed E-state index contributed by atoms with van der Waals surface area (Å²) in [4.78, 5) is 11.9. The molecule has 0 saturated carbocycles. The lowest BCUT2D eigenvalue weighted by atomic mass is 9.98. The molecule has 0 radical (unpaired) electrons. The number of rotatable bonds is 5. The second-order valence-corrected chi connectivity index (χ2v) is 5.98. The van der Waals surface area contributed by atoms with Crippen molar-refractivity contribution in [3.63, 3.8) is 0 Å². The van der Waals surface area contributed by atoms with Crippen LogP contribution in [0.15, 0.2) is 71.1 Å². The molecule has 25 heavy (non-hydrogen) atoms. The first-order valence-electron chi connectivity index (χ1n) is 8.26. The fourth-order valence-corrected chi connectivity index (χ4v) is 2.58. The van der Waals surface area contributed by atoms with E-state index in [1.807, 2.05) is 73.7 Å². The first-order valence-corrected chi connectivity index (χ1v) is 8.26. The summed E-state index contributed by atoms with van der Waals surface area (Å²) >= 11 is 0. The van der Waals surface area contributed by atoms with Crippen LogP contribution in [0.4, 0.5) is 10.5 Å². The van der Waals surface area contributed by atoms with Crippen LogP contribution >= 0.6 is 0 Å². The van der Waals surface area contributed by atoms with Gasteiger partial charge < -0.3 is 9.15 Å². The molecule has 3 aromatic rings. The van der Waals surface area contributed by atoms with Crippen molar-refractivity contribution in [2.45, 2.75) is 26.4 Å². The number of hydrogen-bond donors (Lipinski definition) is 1. The van der Waals surface area contributed by atoms with E-state index in [4.69, 9.17) is 9.15 Å². The molecule has 1 N–H and O–H groups in total. The van der Waals surface area contributed by atoms with Gasteiger partial charge in [-0.3, -0.25) is 5.32 Å². The molecule has 0 aliphatic rings. The van der Waals surface area contributed by atoms with Crippen molar-refractivity contribution >= 4 is 11.8 Å². The van der Waals surface area contributed by atoms with Gasteiger partial charge in [0.1, 0.15) is 18.1 Å². The van der Waals surface area contributed by atoms with Gasteiger partial charge >= 0.3 is 6.09 Å². The van der Waals surface area contributed by atoms with Crippen molar-refractivity contribution in [3.05, 3.63) is 89.4 Å². The Morgan fingerprint density at radius 3 is 2.40 bits per heavy atom. The second kappa shape index (κ2) is 7.71. The topological polar surface area (TPSA) is 51.5 Å². The van der Waals surface area contributed by atoms with Crippen LogP contribution in [-0.4, -0.2) is 6.09 Å². The van der Waals surface area contributed by atoms with E-state index in [0.29, 0.717) is 5.69 Å². The highest BCUT2D eigenvalue weighted by Gasteiger charge is 2.12. The number of carbonyl (C=O) groups is 1. The number of amides is 1. The first kappa shape index (κ1) is 16.8. The predicted molar refractivity (Wildman–Crippen MR) is 97.7 cm³/mol. The standard InChI is InChI=1S/C21H21NO3/c1-15-8-13-20(25-15)16(2)18-9-11-19(12-10-18)22-21(23)24-14-17-6-4-3-5-7-17/h3-13,16H,14H2,1-2H3,(H,22,23). The Kier molecular flexibility index (Phi) is 5.19. The average molecular weight is 335 g/mol. The molecular weight excluding hydrogens is 314 g/mol. The van der Waals surface area contributed by atoms with Gasteiger partial charge in [0.25, 0.3) is 0 Å². The molecule has 1 aromatic heterocycles. The lowest BCUT2D eigenvalue weighted by molar-refractivity contribution is 0.155. The van der Waals surface area contributed by atoms with Crippen LogP contribution < -0.4 is 5.32 Å². The van der Waals surface area contributed by atoms with Crippen LogP contribution in [0.1, 0.15) is 35.5 Å². The summed E-state index contributed by atoms with van der Waals surface area (Å²) in [6.45, 7) is 4.28. The first-order chi connectivity index (χ1) is 12.1. The van der Waals surface area contributed by atoms with Crippen molar-refractivity contribution in [1.82, 2.24) is 0 Å². The third-order valence-corrected chi connectivity index (χ3v) is 4.06. The molecule has 1 heterocycles. The number of furan rings is 1. The minimum absolute atomic E-state index is 0.160. The summed E-state index contributed by atoms with van der Waals surface area (Å²) in [6.07, 6.45) is -0.466. The number of hydrogen-bond acceptors (Lipinski definition) is 3. The Morgan fingerprint density at radius 1 is 1.04 bits per heavy atom. The van der Waals surface area contributed by atoms with Gasteiger partial charge in [0, 0.05) is 11.6 Å². The van der Waals surface area contributed by atoms with Crippen molar-refractivity contribution in [2.24, 2.45) is 0 Å². The number of benzene rings is 2. The van der Waals surface area contributed by atoms with Crippen LogP contribution in [0.5, 0.6) is 0 Å². The molecule has 128 valence electrons. The van der Waals surface area contributed by atoms with Gasteiger partial charge in [-0.15, -0.1) is 0 Å². The Hall–Kier alpha value is -3.01. The van der Waals surface area contributed by atoms with Gasteiger partial charge in [0.15, 0.2) is 0 Å². The van der Waals surface area contributed by atoms with E-state index in [-0.39, 0.29) is 12.5 Å². The Balaban J connectivity index is 1.56. The van der Waals surface area contributed by atoms with Gasteiger partial charge in [0.05, 0.1) is 0 Å². The van der Waals surface area contributed by atoms with Crippen LogP contribution in [0.2, 0.25) is 0 Å². The predicted octanol–water partition coefficient (Wildman–Crippen LogP) is 5.49. The molecular formula is C21H21NO3. The third-order valence-electron chi connectivity index (χ3n) is 4.06. The van der Waals surface area contributed by atoms with E-state index in [1.165, 1.54) is 0 Å². The maximum atomic E-state index is 11.9. The summed E-state index contributed by atoms with van der Waals surface area (Å²) < 4.78 is 10.9. The molecule has 3 rings (SSSR count). The summed E-state index contributed by atoms with van der Waals surface area (Å²) in [5, 5.41) is 2.74. The summed E-state index contributed by atoms with van der Waals surface area (Å²) in [5.41, 5.74) is 2.78. The van der Waals surface area contributed by atoms with E-state index < -0.39 is 6.09 Å². The van der Waals surface area contributed by atoms with Crippen molar-refractivity contribution in [3.8, 4) is 0 Å². The quantitative estimate of drug-likeness (QED) is 0.671. The SMILES string of the molecule is Cc1ccc(C(C)c2ccc(NC(=O)OCc3ccccc3)cc2)o1. The zero-order chi connectivity index (χ0) is 17.6. The molecule has 4 heteroatoms. The molecule has 0 aliphatic heterocycles. The molecule has 0 spiro atoms. The highest BCUT2D eigenvalue weighted by molar-refractivity contribution is 5.84. The maximum Gasteiger partial charge on any atom is 0.411 e. The van der Waals surface area contributed by atoms with E-state index in [2.05, 4.69) is 12.2 Å². The molecule has 2 aromatic carbocycles. The van der Waals surface area contributed by atoms with Crippen molar-refractivity contribution < 1.29 is 13.9 Å². The summed E-state index contributed by atoms with van der Waals surface area (Å²) in [5.74, 6) is 1.99. The highest BCUT2D eigenvalue weighted by Crippen LogP contribution is 2.26.